The van der Waals surface area contributed by atoms with Gasteiger partial charge in [-0.2, -0.15) is 0 Å². The maximum Gasteiger partial charge on any atom is 0.244 e. The number of nitrogens with zero attached hydrogens (tertiary/aromatic N) is 1. The minimum absolute atomic E-state index is 0.0125. The molecule has 1 aliphatic heterocycles. The average Bonchev–Trinajstić information content (AvgIpc) is 2.84. The van der Waals surface area contributed by atoms with E-state index in [4.69, 9.17) is 21.1 Å². The molecule has 0 radical (unpaired) electrons. The molecule has 1 aromatic carbocycles. The van der Waals surface area contributed by atoms with Crippen molar-refractivity contribution in [2.45, 2.75) is 0 Å². The highest BCUT2D eigenvalue weighted by molar-refractivity contribution is 8.00. The molecule has 1 N–H and O–H groups in total. The minimum Gasteiger partial charge on any atom is -0.495 e. The van der Waals surface area contributed by atoms with Gasteiger partial charge in [0.05, 0.1) is 36.6 Å². The van der Waals surface area contributed by atoms with Crippen LogP contribution in [-0.4, -0.2) is 49.1 Å². The number of amides is 2. The molecule has 1 saturated heterocycles. The van der Waals surface area contributed by atoms with Crippen LogP contribution in [0.4, 0.5) is 5.69 Å². The number of nitrogens with one attached hydrogen (secondary N) is 1. The van der Waals surface area contributed by atoms with Crippen LogP contribution < -0.4 is 14.8 Å². The summed E-state index contributed by atoms with van der Waals surface area (Å²) >= 11 is 7.52. The van der Waals surface area contributed by atoms with E-state index in [-0.39, 0.29) is 18.4 Å². The highest BCUT2D eigenvalue weighted by Crippen LogP contribution is 2.35. The van der Waals surface area contributed by atoms with Gasteiger partial charge in [-0.1, -0.05) is 11.6 Å². The third kappa shape index (κ3) is 3.74. The van der Waals surface area contributed by atoms with Crippen LogP contribution in [0, 0.1) is 0 Å². The second kappa shape index (κ2) is 6.91. The van der Waals surface area contributed by atoms with Gasteiger partial charge in [0.2, 0.25) is 11.8 Å². The Morgan fingerprint density at radius 2 is 2.10 bits per heavy atom. The Morgan fingerprint density at radius 1 is 1.38 bits per heavy atom. The molecule has 0 saturated carbocycles. The molecule has 0 bridgehead atoms. The van der Waals surface area contributed by atoms with E-state index in [1.54, 1.807) is 12.1 Å². The Balaban J connectivity index is 2.09. The lowest BCUT2D eigenvalue weighted by molar-refractivity contribution is -0.130. The van der Waals surface area contributed by atoms with Crippen molar-refractivity contribution in [3.8, 4) is 11.5 Å². The Hall–Kier alpha value is -1.60. The Morgan fingerprint density at radius 3 is 2.67 bits per heavy atom. The fourth-order valence-electron chi connectivity index (χ4n) is 1.86. The van der Waals surface area contributed by atoms with Gasteiger partial charge >= 0.3 is 0 Å². The first kappa shape index (κ1) is 15.8. The number of carbonyl (C=O) groups is 2. The van der Waals surface area contributed by atoms with Gasteiger partial charge in [0.25, 0.3) is 0 Å². The Labute approximate surface area is 131 Å². The molecule has 1 heterocycles. The molecule has 1 aliphatic rings. The van der Waals surface area contributed by atoms with E-state index in [1.165, 1.54) is 30.9 Å². The highest BCUT2D eigenvalue weighted by atomic mass is 35.5. The van der Waals surface area contributed by atoms with Crippen molar-refractivity contribution >= 4 is 40.9 Å². The quantitative estimate of drug-likeness (QED) is 0.892. The summed E-state index contributed by atoms with van der Waals surface area (Å²) in [4.78, 5) is 25.0. The van der Waals surface area contributed by atoms with E-state index in [0.717, 1.165) is 0 Å². The zero-order valence-electron chi connectivity index (χ0n) is 11.6. The summed E-state index contributed by atoms with van der Waals surface area (Å²) in [6, 6.07) is 3.15. The summed E-state index contributed by atoms with van der Waals surface area (Å²) in [7, 11) is 2.98. The zero-order chi connectivity index (χ0) is 15.4. The molecule has 2 rings (SSSR count). The van der Waals surface area contributed by atoms with Crippen LogP contribution in [0.25, 0.3) is 0 Å². The molecule has 21 heavy (non-hydrogen) atoms. The molecular formula is C13H15ClN2O4S. The van der Waals surface area contributed by atoms with Crippen LogP contribution >= 0.6 is 23.4 Å². The summed E-state index contributed by atoms with van der Waals surface area (Å²) in [6.07, 6.45) is 0. The van der Waals surface area contributed by atoms with Gasteiger partial charge in [0, 0.05) is 6.07 Å². The molecule has 2 amide bonds. The predicted molar refractivity (Wildman–Crippen MR) is 82.2 cm³/mol. The molecule has 8 heteroatoms. The van der Waals surface area contributed by atoms with Gasteiger partial charge in [-0.3, -0.25) is 9.59 Å². The number of methoxy groups -OCH3 is 2. The molecule has 1 fully saturated rings. The Kier molecular flexibility index (Phi) is 5.19. The van der Waals surface area contributed by atoms with Crippen LogP contribution in [0.2, 0.25) is 5.02 Å². The highest BCUT2D eigenvalue weighted by Gasteiger charge is 2.23. The summed E-state index contributed by atoms with van der Waals surface area (Å²) < 4.78 is 10.3. The lowest BCUT2D eigenvalue weighted by atomic mass is 10.2. The normalized spacial score (nSPS) is 14.2. The van der Waals surface area contributed by atoms with Crippen molar-refractivity contribution in [1.82, 2.24) is 4.90 Å². The minimum atomic E-state index is -0.301. The van der Waals surface area contributed by atoms with Crippen LogP contribution in [0.15, 0.2) is 12.1 Å². The molecule has 0 unspecified atom stereocenters. The van der Waals surface area contributed by atoms with Crippen LogP contribution in [-0.2, 0) is 9.59 Å². The number of rotatable bonds is 5. The first-order valence-corrected chi connectivity index (χ1v) is 7.65. The number of thioether (sulfide) groups is 1. The van der Waals surface area contributed by atoms with Crippen LogP contribution in [0.1, 0.15) is 0 Å². The second-order valence-electron chi connectivity index (χ2n) is 4.30. The van der Waals surface area contributed by atoms with Gasteiger partial charge in [-0.05, 0) is 6.07 Å². The maximum absolute atomic E-state index is 12.0. The van der Waals surface area contributed by atoms with Gasteiger partial charge in [-0.15, -0.1) is 11.8 Å². The number of hydrogen-bond acceptors (Lipinski definition) is 5. The number of halogens is 1. The first-order chi connectivity index (χ1) is 10.0. The van der Waals surface area contributed by atoms with Crippen molar-refractivity contribution < 1.29 is 19.1 Å². The van der Waals surface area contributed by atoms with Crippen molar-refractivity contribution in [1.29, 1.82) is 0 Å². The monoisotopic (exact) mass is 330 g/mol. The SMILES string of the molecule is COc1cc(OC)c(NC(=O)CN2CSCC2=O)cc1Cl. The van der Waals surface area contributed by atoms with E-state index in [0.29, 0.717) is 33.8 Å². The smallest absolute Gasteiger partial charge is 0.244 e. The van der Waals surface area contributed by atoms with Gasteiger partial charge in [0.15, 0.2) is 0 Å². The van der Waals surface area contributed by atoms with Crippen molar-refractivity contribution in [3.05, 3.63) is 17.2 Å². The van der Waals surface area contributed by atoms with Gasteiger partial charge in [0.1, 0.15) is 18.0 Å². The summed E-state index contributed by atoms with van der Waals surface area (Å²) in [5.41, 5.74) is 0.438. The molecule has 0 atom stereocenters. The molecule has 0 aliphatic carbocycles. The van der Waals surface area contributed by atoms with Crippen molar-refractivity contribution in [3.63, 3.8) is 0 Å². The van der Waals surface area contributed by atoms with E-state index in [2.05, 4.69) is 5.32 Å². The molecule has 0 spiro atoms. The van der Waals surface area contributed by atoms with Crippen molar-refractivity contribution in [2.24, 2.45) is 0 Å². The molecule has 6 nitrogen and oxygen atoms in total. The number of anilines is 1. The van der Waals surface area contributed by atoms with Crippen LogP contribution in [0.5, 0.6) is 11.5 Å². The number of carbonyl (C=O) groups excluding carboxylic acids is 2. The maximum atomic E-state index is 12.0. The van der Waals surface area contributed by atoms with Crippen LogP contribution in [0.3, 0.4) is 0 Å². The predicted octanol–water partition coefficient (Wildman–Crippen LogP) is 1.83. The molecule has 114 valence electrons. The standard InChI is InChI=1S/C13H15ClN2O4S/c1-19-10-4-11(20-2)9(3-8(10)14)15-12(17)5-16-7-21-6-13(16)18/h3-4H,5-7H2,1-2H3,(H,15,17). The number of ether oxygens (including phenoxy) is 2. The van der Waals surface area contributed by atoms with E-state index in [9.17, 15) is 9.59 Å². The molecule has 1 aromatic rings. The average molecular weight is 331 g/mol. The third-order valence-corrected chi connectivity index (χ3v) is 4.15. The van der Waals surface area contributed by atoms with E-state index in [1.807, 2.05) is 0 Å². The topological polar surface area (TPSA) is 67.9 Å². The van der Waals surface area contributed by atoms with Gasteiger partial charge < -0.3 is 19.7 Å². The second-order valence-corrected chi connectivity index (χ2v) is 5.67. The lowest BCUT2D eigenvalue weighted by Crippen LogP contribution is -2.34. The molecule has 0 aromatic heterocycles. The summed E-state index contributed by atoms with van der Waals surface area (Å²) in [5.74, 6) is 1.52. The fraction of sp³-hybridized carbons (Fsp3) is 0.385. The number of hydrogen-bond donors (Lipinski definition) is 1. The first-order valence-electron chi connectivity index (χ1n) is 6.12. The van der Waals surface area contributed by atoms with Crippen molar-refractivity contribution in [2.75, 3.05) is 37.7 Å². The summed E-state index contributed by atoms with van der Waals surface area (Å²) in [5, 5.41) is 3.06. The Bertz CT molecular complexity index is 567. The lowest BCUT2D eigenvalue weighted by Gasteiger charge is -2.16. The summed E-state index contributed by atoms with van der Waals surface area (Å²) in [6.45, 7) is 0.0125. The van der Waals surface area contributed by atoms with E-state index >= 15 is 0 Å². The fourth-order valence-corrected chi connectivity index (χ4v) is 3.01. The number of benzene rings is 1. The van der Waals surface area contributed by atoms with Gasteiger partial charge in [-0.25, -0.2) is 0 Å². The molecular weight excluding hydrogens is 316 g/mol. The van der Waals surface area contributed by atoms with E-state index < -0.39 is 0 Å². The third-order valence-electron chi connectivity index (χ3n) is 2.91. The largest absolute Gasteiger partial charge is 0.495 e. The zero-order valence-corrected chi connectivity index (χ0v) is 13.2.